The molecule has 166 valence electrons. The highest BCUT2D eigenvalue weighted by atomic mass is 32.1. The molecule has 1 aromatic heterocycles. The number of hydrogen-bond acceptors (Lipinski definition) is 5. The molecule has 0 bridgehead atoms. The number of rotatable bonds is 7. The molecule has 0 radical (unpaired) electrons. The number of methoxy groups -OCH3 is 1. The summed E-state index contributed by atoms with van der Waals surface area (Å²) < 4.78 is 4.55. The molecule has 32 heavy (non-hydrogen) atoms. The van der Waals surface area contributed by atoms with Gasteiger partial charge in [-0.3, -0.25) is 14.9 Å². The van der Waals surface area contributed by atoms with Crippen LogP contribution in [-0.4, -0.2) is 25.0 Å². The minimum atomic E-state index is -0.547. The maximum atomic E-state index is 12.7. The molecule has 0 fully saturated rings. The molecule has 0 spiro atoms. The van der Waals surface area contributed by atoms with Crippen molar-refractivity contribution in [1.82, 2.24) is 5.32 Å². The molecule has 7 nitrogen and oxygen atoms in total. The molecule has 0 aliphatic heterocycles. The van der Waals surface area contributed by atoms with Crippen molar-refractivity contribution in [3.05, 3.63) is 82.2 Å². The van der Waals surface area contributed by atoms with Gasteiger partial charge < -0.3 is 15.4 Å². The van der Waals surface area contributed by atoms with E-state index >= 15 is 0 Å². The number of amides is 3. The Bertz CT molecular complexity index is 1090. The number of thiophene rings is 1. The van der Waals surface area contributed by atoms with Gasteiger partial charge in [-0.05, 0) is 52.8 Å². The highest BCUT2D eigenvalue weighted by molar-refractivity contribution is 7.14. The predicted molar refractivity (Wildman–Crippen MR) is 126 cm³/mol. The molecular formula is C24H25N3O4S. The zero-order valence-electron chi connectivity index (χ0n) is 18.1. The van der Waals surface area contributed by atoms with E-state index in [1.165, 1.54) is 18.4 Å². The Hall–Kier alpha value is -3.65. The van der Waals surface area contributed by atoms with E-state index in [4.69, 9.17) is 0 Å². The smallest absolute Gasteiger partial charge is 0.411 e. The largest absolute Gasteiger partial charge is 0.453 e. The van der Waals surface area contributed by atoms with Gasteiger partial charge >= 0.3 is 6.09 Å². The molecule has 2 aromatic carbocycles. The first-order valence-electron chi connectivity index (χ1n) is 10.1. The Morgan fingerprint density at radius 3 is 2.22 bits per heavy atom. The van der Waals surface area contributed by atoms with Gasteiger partial charge in [0.15, 0.2) is 0 Å². The van der Waals surface area contributed by atoms with Gasteiger partial charge in [-0.2, -0.15) is 0 Å². The van der Waals surface area contributed by atoms with Gasteiger partial charge in [0.2, 0.25) is 0 Å². The van der Waals surface area contributed by atoms with Crippen LogP contribution in [0.1, 0.15) is 51.6 Å². The Morgan fingerprint density at radius 1 is 0.906 bits per heavy atom. The number of carbonyl (C=O) groups excluding carboxylic acids is 3. The quantitative estimate of drug-likeness (QED) is 0.458. The summed E-state index contributed by atoms with van der Waals surface area (Å²) in [5.41, 5.74) is 3.56. The molecular weight excluding hydrogens is 426 g/mol. The van der Waals surface area contributed by atoms with Crippen LogP contribution in [0.15, 0.2) is 60.0 Å². The minimum absolute atomic E-state index is 0.259. The second-order valence-electron chi connectivity index (χ2n) is 7.39. The third-order valence-electron chi connectivity index (χ3n) is 4.82. The molecule has 0 aliphatic rings. The predicted octanol–water partition coefficient (Wildman–Crippen LogP) is 5.23. The molecule has 3 rings (SSSR count). The second kappa shape index (κ2) is 10.6. The van der Waals surface area contributed by atoms with Crippen LogP contribution in [-0.2, 0) is 11.3 Å². The number of hydrogen-bond donors (Lipinski definition) is 3. The molecule has 3 aromatic rings. The summed E-state index contributed by atoms with van der Waals surface area (Å²) in [6.07, 6.45) is -0.547. The van der Waals surface area contributed by atoms with Gasteiger partial charge in [0, 0.05) is 17.8 Å². The fourth-order valence-electron chi connectivity index (χ4n) is 2.93. The molecule has 0 atom stereocenters. The zero-order chi connectivity index (χ0) is 23.1. The van der Waals surface area contributed by atoms with Gasteiger partial charge in [0.1, 0.15) is 5.00 Å². The molecule has 0 unspecified atom stereocenters. The van der Waals surface area contributed by atoms with E-state index in [9.17, 15) is 14.4 Å². The summed E-state index contributed by atoms with van der Waals surface area (Å²) in [5.74, 6) is -0.154. The van der Waals surface area contributed by atoms with Crippen LogP contribution in [0.2, 0.25) is 0 Å². The molecule has 1 heterocycles. The number of carbonyl (C=O) groups is 3. The summed E-state index contributed by atoms with van der Waals surface area (Å²) in [5, 5.41) is 10.5. The Labute approximate surface area is 190 Å². The van der Waals surface area contributed by atoms with Crippen LogP contribution in [0.25, 0.3) is 0 Å². The highest BCUT2D eigenvalue weighted by Crippen LogP contribution is 2.24. The monoisotopic (exact) mass is 451 g/mol. The van der Waals surface area contributed by atoms with Crippen molar-refractivity contribution < 1.29 is 19.1 Å². The molecule has 0 aliphatic carbocycles. The summed E-state index contributed by atoms with van der Waals surface area (Å²) in [6, 6.07) is 16.2. The van der Waals surface area contributed by atoms with Crippen LogP contribution < -0.4 is 16.0 Å². The van der Waals surface area contributed by atoms with E-state index < -0.39 is 6.09 Å². The standard InChI is InChI=1S/C24H25N3O4S/c1-15(2)17-6-8-18(9-7-17)21(28)27-23-20(12-13-32-23)22(29)25-14-16-4-10-19(11-5-16)26-24(30)31-3/h4-13,15H,14H2,1-3H3,(H,25,29)(H,26,30)(H,27,28). The van der Waals surface area contributed by atoms with Gasteiger partial charge in [0.05, 0.1) is 12.7 Å². The van der Waals surface area contributed by atoms with Crippen molar-refractivity contribution in [3.63, 3.8) is 0 Å². The summed E-state index contributed by atoms with van der Waals surface area (Å²) in [7, 11) is 1.29. The normalized spacial score (nSPS) is 10.5. The highest BCUT2D eigenvalue weighted by Gasteiger charge is 2.16. The topological polar surface area (TPSA) is 96.5 Å². The van der Waals surface area contributed by atoms with Gasteiger partial charge in [-0.25, -0.2) is 4.79 Å². The average molecular weight is 452 g/mol. The number of ether oxygens (including phenoxy) is 1. The number of nitrogens with one attached hydrogen (secondary N) is 3. The molecule has 0 saturated carbocycles. The first-order valence-corrected chi connectivity index (χ1v) is 11.0. The second-order valence-corrected chi connectivity index (χ2v) is 8.31. The zero-order valence-corrected chi connectivity index (χ0v) is 18.9. The lowest BCUT2D eigenvalue weighted by Gasteiger charge is -2.10. The van der Waals surface area contributed by atoms with Crippen LogP contribution in [0.5, 0.6) is 0 Å². The van der Waals surface area contributed by atoms with Crippen LogP contribution in [0.4, 0.5) is 15.5 Å². The van der Waals surface area contributed by atoms with E-state index in [1.54, 1.807) is 47.8 Å². The third-order valence-corrected chi connectivity index (χ3v) is 5.65. The van der Waals surface area contributed by atoms with Crippen molar-refractivity contribution in [3.8, 4) is 0 Å². The Morgan fingerprint density at radius 2 is 1.59 bits per heavy atom. The first-order chi connectivity index (χ1) is 15.4. The lowest BCUT2D eigenvalue weighted by atomic mass is 10.0. The fourth-order valence-corrected chi connectivity index (χ4v) is 3.71. The molecule has 3 N–H and O–H groups in total. The lowest BCUT2D eigenvalue weighted by molar-refractivity contribution is 0.0952. The van der Waals surface area contributed by atoms with E-state index in [2.05, 4.69) is 34.5 Å². The Balaban J connectivity index is 1.59. The van der Waals surface area contributed by atoms with Crippen LogP contribution >= 0.6 is 11.3 Å². The van der Waals surface area contributed by atoms with E-state index in [-0.39, 0.29) is 11.8 Å². The van der Waals surface area contributed by atoms with Crippen molar-refractivity contribution >= 4 is 39.9 Å². The maximum Gasteiger partial charge on any atom is 0.411 e. The maximum absolute atomic E-state index is 12.7. The van der Waals surface area contributed by atoms with Gasteiger partial charge in [-0.1, -0.05) is 38.1 Å². The van der Waals surface area contributed by atoms with E-state index in [0.29, 0.717) is 34.3 Å². The SMILES string of the molecule is COC(=O)Nc1ccc(CNC(=O)c2ccsc2NC(=O)c2ccc(C(C)C)cc2)cc1. The van der Waals surface area contributed by atoms with Crippen LogP contribution in [0.3, 0.4) is 0 Å². The lowest BCUT2D eigenvalue weighted by Crippen LogP contribution is -2.24. The van der Waals surface area contributed by atoms with Crippen molar-refractivity contribution in [2.75, 3.05) is 17.7 Å². The van der Waals surface area contributed by atoms with E-state index in [1.807, 2.05) is 12.1 Å². The molecule has 3 amide bonds. The number of anilines is 2. The van der Waals surface area contributed by atoms with Gasteiger partial charge in [-0.15, -0.1) is 11.3 Å². The van der Waals surface area contributed by atoms with Crippen molar-refractivity contribution in [2.45, 2.75) is 26.3 Å². The Kier molecular flexibility index (Phi) is 7.62. The fraction of sp³-hybridized carbons (Fsp3) is 0.208. The van der Waals surface area contributed by atoms with Gasteiger partial charge in [0.25, 0.3) is 11.8 Å². The summed E-state index contributed by atoms with van der Waals surface area (Å²) >= 11 is 1.30. The molecule has 8 heteroatoms. The third kappa shape index (κ3) is 5.95. The first kappa shape index (κ1) is 23.0. The number of benzene rings is 2. The average Bonchev–Trinajstić information content (AvgIpc) is 3.26. The van der Waals surface area contributed by atoms with Crippen molar-refractivity contribution in [2.24, 2.45) is 0 Å². The molecule has 0 saturated heterocycles. The van der Waals surface area contributed by atoms with E-state index in [0.717, 1.165) is 11.1 Å². The summed E-state index contributed by atoms with van der Waals surface area (Å²) in [6.45, 7) is 4.50. The van der Waals surface area contributed by atoms with Crippen LogP contribution in [0, 0.1) is 0 Å². The van der Waals surface area contributed by atoms with Crippen molar-refractivity contribution in [1.29, 1.82) is 0 Å². The minimum Gasteiger partial charge on any atom is -0.453 e. The summed E-state index contributed by atoms with van der Waals surface area (Å²) in [4.78, 5) is 36.5.